The number of sulfonamides is 1. The Balaban J connectivity index is 1.68. The minimum Gasteiger partial charge on any atom is -0.496 e. The number of hydrogen-bond donors (Lipinski definition) is 1. The van der Waals surface area contributed by atoms with Crippen LogP contribution in [0.5, 0.6) is 5.75 Å². The third-order valence-electron chi connectivity index (χ3n) is 4.64. The maximum atomic E-state index is 13.5. The van der Waals surface area contributed by atoms with Gasteiger partial charge in [-0.15, -0.1) is 0 Å². The molecule has 1 aliphatic rings. The third kappa shape index (κ3) is 4.40. The molecule has 2 aromatic carbocycles. The Bertz CT molecular complexity index is 932. The van der Waals surface area contributed by atoms with Crippen LogP contribution in [0.15, 0.2) is 41.3 Å². The van der Waals surface area contributed by atoms with Crippen molar-refractivity contribution in [1.29, 1.82) is 0 Å². The van der Waals surface area contributed by atoms with Crippen molar-refractivity contribution in [2.75, 3.05) is 33.3 Å². The van der Waals surface area contributed by atoms with Gasteiger partial charge in [-0.1, -0.05) is 11.6 Å². The molecule has 1 saturated heterocycles. The Labute approximate surface area is 162 Å². The van der Waals surface area contributed by atoms with E-state index in [9.17, 15) is 17.2 Å². The van der Waals surface area contributed by atoms with Gasteiger partial charge in [-0.3, -0.25) is 0 Å². The summed E-state index contributed by atoms with van der Waals surface area (Å²) in [4.78, 5) is 1.10. The molecular weight excluding hydrogens is 398 g/mol. The predicted molar refractivity (Wildman–Crippen MR) is 97.5 cm³/mol. The summed E-state index contributed by atoms with van der Waals surface area (Å²) in [5.74, 6) is -0.381. The van der Waals surface area contributed by atoms with E-state index in [1.54, 1.807) is 6.07 Å². The number of piperazine rings is 1. The van der Waals surface area contributed by atoms with E-state index in [-0.39, 0.29) is 15.7 Å². The average Bonchev–Trinajstić information content (AvgIpc) is 2.64. The molecule has 2 aromatic rings. The molecule has 0 atom stereocenters. The molecule has 3 rings (SSSR count). The second-order valence-electron chi connectivity index (χ2n) is 6.36. The Kier molecular flexibility index (Phi) is 6.00. The lowest BCUT2D eigenvalue weighted by atomic mass is 10.1. The number of nitrogens with one attached hydrogen (secondary N) is 1. The van der Waals surface area contributed by atoms with E-state index in [0.29, 0.717) is 38.5 Å². The maximum absolute atomic E-state index is 13.5. The van der Waals surface area contributed by atoms with Crippen LogP contribution in [0.25, 0.3) is 0 Å². The predicted octanol–water partition coefficient (Wildman–Crippen LogP) is 1.72. The summed E-state index contributed by atoms with van der Waals surface area (Å²) in [7, 11) is -2.20. The lowest BCUT2D eigenvalue weighted by Gasteiger charge is -2.31. The summed E-state index contributed by atoms with van der Waals surface area (Å²) in [6.07, 6.45) is 0. The molecule has 0 saturated carbocycles. The lowest BCUT2D eigenvalue weighted by Crippen LogP contribution is -3.13. The van der Waals surface area contributed by atoms with Crippen molar-refractivity contribution in [3.63, 3.8) is 0 Å². The summed E-state index contributed by atoms with van der Waals surface area (Å²) in [5, 5.41) is -0.224. The van der Waals surface area contributed by atoms with Gasteiger partial charge >= 0.3 is 0 Å². The van der Waals surface area contributed by atoms with Crippen molar-refractivity contribution < 1.29 is 26.8 Å². The molecule has 0 aromatic heterocycles. The van der Waals surface area contributed by atoms with Gasteiger partial charge < -0.3 is 9.64 Å². The van der Waals surface area contributed by atoms with Gasteiger partial charge in [0.15, 0.2) is 0 Å². The van der Waals surface area contributed by atoms with Gasteiger partial charge in [-0.05, 0) is 36.4 Å². The van der Waals surface area contributed by atoms with Crippen molar-refractivity contribution in [1.82, 2.24) is 4.31 Å². The lowest BCUT2D eigenvalue weighted by molar-refractivity contribution is -0.917. The number of ether oxygens (including phenoxy) is 1. The fraction of sp³-hybridized carbons (Fsp3) is 0.333. The first-order valence-corrected chi connectivity index (χ1v) is 10.2. The number of halogens is 3. The fourth-order valence-corrected chi connectivity index (χ4v) is 4.87. The highest BCUT2D eigenvalue weighted by molar-refractivity contribution is 7.89. The van der Waals surface area contributed by atoms with E-state index in [1.165, 1.54) is 29.6 Å². The zero-order valence-electron chi connectivity index (χ0n) is 14.7. The zero-order chi connectivity index (χ0) is 19.6. The first-order valence-electron chi connectivity index (χ1n) is 8.42. The Hall–Kier alpha value is -1.74. The minimum absolute atomic E-state index is 0.0239. The molecule has 0 spiro atoms. The number of quaternary nitrogens is 1. The number of hydrogen-bond acceptors (Lipinski definition) is 3. The molecule has 0 amide bonds. The standard InChI is InChI=1S/C18H19ClF2N2O3S/c1-26-18-5-2-14(20)10-13(18)12-22-6-8-23(9-7-22)27(24,25)15-3-4-17(21)16(19)11-15/h2-5,10-11H,6-9,12H2,1H3/p+1. The van der Waals surface area contributed by atoms with Gasteiger partial charge in [0.05, 0.1) is 48.8 Å². The monoisotopic (exact) mass is 417 g/mol. The van der Waals surface area contributed by atoms with Crippen LogP contribution in [0.1, 0.15) is 5.56 Å². The van der Waals surface area contributed by atoms with Gasteiger partial charge in [-0.25, -0.2) is 17.2 Å². The van der Waals surface area contributed by atoms with Crippen LogP contribution in [0.3, 0.4) is 0 Å². The quantitative estimate of drug-likeness (QED) is 0.806. The molecule has 0 aliphatic carbocycles. The number of rotatable bonds is 5. The summed E-state index contributed by atoms with van der Waals surface area (Å²) in [5.41, 5.74) is 0.745. The van der Waals surface area contributed by atoms with E-state index in [2.05, 4.69) is 0 Å². The fourth-order valence-electron chi connectivity index (χ4n) is 3.16. The highest BCUT2D eigenvalue weighted by atomic mass is 35.5. The first kappa shape index (κ1) is 20.0. The van der Waals surface area contributed by atoms with Crippen molar-refractivity contribution in [2.24, 2.45) is 0 Å². The maximum Gasteiger partial charge on any atom is 0.243 e. The van der Waals surface area contributed by atoms with E-state index in [4.69, 9.17) is 16.3 Å². The number of benzene rings is 2. The molecule has 1 heterocycles. The molecule has 1 N–H and O–H groups in total. The van der Waals surface area contributed by atoms with Gasteiger partial charge in [0.25, 0.3) is 0 Å². The topological polar surface area (TPSA) is 51.1 Å². The molecule has 146 valence electrons. The van der Waals surface area contributed by atoms with E-state index >= 15 is 0 Å². The van der Waals surface area contributed by atoms with Crippen LogP contribution < -0.4 is 9.64 Å². The normalized spacial score (nSPS) is 16.4. The van der Waals surface area contributed by atoms with Crippen molar-refractivity contribution >= 4 is 21.6 Å². The second-order valence-corrected chi connectivity index (χ2v) is 8.71. The van der Waals surface area contributed by atoms with Crippen molar-refractivity contribution in [3.8, 4) is 5.75 Å². The summed E-state index contributed by atoms with van der Waals surface area (Å²) < 4.78 is 58.9. The first-order chi connectivity index (χ1) is 12.8. The summed E-state index contributed by atoms with van der Waals surface area (Å²) in [6.45, 7) is 2.29. The van der Waals surface area contributed by atoms with Gasteiger partial charge in [-0.2, -0.15) is 4.31 Å². The van der Waals surface area contributed by atoms with Crippen molar-refractivity contribution in [3.05, 3.63) is 58.6 Å². The molecule has 0 radical (unpaired) electrons. The SMILES string of the molecule is COc1ccc(F)cc1C[NH+]1CCN(S(=O)(=O)c2ccc(F)c(Cl)c2)CC1. The summed E-state index contributed by atoms with van der Waals surface area (Å²) >= 11 is 5.71. The average molecular weight is 418 g/mol. The molecule has 1 aliphatic heterocycles. The number of methoxy groups -OCH3 is 1. The Morgan fingerprint density at radius 3 is 2.48 bits per heavy atom. The Morgan fingerprint density at radius 1 is 1.15 bits per heavy atom. The van der Waals surface area contributed by atoms with Crippen LogP contribution in [-0.2, 0) is 16.6 Å². The third-order valence-corrected chi connectivity index (χ3v) is 6.83. The minimum atomic E-state index is -3.73. The zero-order valence-corrected chi connectivity index (χ0v) is 16.3. The Morgan fingerprint density at radius 2 is 1.85 bits per heavy atom. The van der Waals surface area contributed by atoms with Gasteiger partial charge in [0.1, 0.15) is 23.9 Å². The van der Waals surface area contributed by atoms with Crippen LogP contribution >= 0.6 is 11.6 Å². The molecule has 1 fully saturated rings. The highest BCUT2D eigenvalue weighted by Crippen LogP contribution is 2.22. The molecule has 0 unspecified atom stereocenters. The van der Waals surface area contributed by atoms with E-state index in [1.807, 2.05) is 0 Å². The van der Waals surface area contributed by atoms with Crippen LogP contribution in [-0.4, -0.2) is 46.0 Å². The number of nitrogens with zero attached hydrogens (tertiary/aromatic N) is 1. The molecule has 27 heavy (non-hydrogen) atoms. The second kappa shape index (κ2) is 8.10. The van der Waals surface area contributed by atoms with Crippen LogP contribution in [0, 0.1) is 11.6 Å². The molecule has 9 heteroatoms. The molecular formula is C18H20ClF2N2O3S+. The summed E-state index contributed by atoms with van der Waals surface area (Å²) in [6, 6.07) is 7.76. The van der Waals surface area contributed by atoms with Crippen LogP contribution in [0.2, 0.25) is 5.02 Å². The van der Waals surface area contributed by atoms with Gasteiger partial charge in [0, 0.05) is 0 Å². The molecule has 0 bridgehead atoms. The van der Waals surface area contributed by atoms with E-state index < -0.39 is 15.8 Å². The van der Waals surface area contributed by atoms with Gasteiger partial charge in [0.2, 0.25) is 10.0 Å². The van der Waals surface area contributed by atoms with E-state index in [0.717, 1.165) is 22.6 Å². The largest absolute Gasteiger partial charge is 0.496 e. The molecule has 5 nitrogen and oxygen atoms in total. The smallest absolute Gasteiger partial charge is 0.243 e. The van der Waals surface area contributed by atoms with Crippen molar-refractivity contribution in [2.45, 2.75) is 11.4 Å². The van der Waals surface area contributed by atoms with Crippen LogP contribution in [0.4, 0.5) is 8.78 Å². The highest BCUT2D eigenvalue weighted by Gasteiger charge is 2.31.